The number of aliphatic hydroxyl groups is 1. The van der Waals surface area contributed by atoms with E-state index in [0.29, 0.717) is 18.4 Å². The lowest BCUT2D eigenvalue weighted by Gasteiger charge is -2.22. The molecule has 3 amide bonds. The summed E-state index contributed by atoms with van der Waals surface area (Å²) in [4.78, 5) is 37.9. The van der Waals surface area contributed by atoms with Crippen LogP contribution < -0.4 is 16.0 Å². The highest BCUT2D eigenvalue weighted by atomic mass is 31.2. The van der Waals surface area contributed by atoms with Crippen LogP contribution in [-0.4, -0.2) is 67.6 Å². The summed E-state index contributed by atoms with van der Waals surface area (Å²) in [6.07, 6.45) is -0.0926. The average molecular weight is 610 g/mol. The highest BCUT2D eigenvalue weighted by molar-refractivity contribution is 7.54. The number of hydrogen-bond acceptors (Lipinski definition) is 8. The van der Waals surface area contributed by atoms with Gasteiger partial charge in [0.25, 0.3) is 0 Å². The van der Waals surface area contributed by atoms with Crippen LogP contribution in [0.4, 0.5) is 9.18 Å². The minimum Gasteiger partial charge on any atom is -0.445 e. The van der Waals surface area contributed by atoms with Crippen LogP contribution >= 0.6 is 7.60 Å². The lowest BCUT2D eigenvalue weighted by Crippen LogP contribution is -2.51. The Hall–Kier alpha value is -3.31. The molecule has 13 heteroatoms. The van der Waals surface area contributed by atoms with Gasteiger partial charge in [-0.2, -0.15) is 0 Å². The monoisotopic (exact) mass is 609 g/mol. The molecule has 42 heavy (non-hydrogen) atoms. The van der Waals surface area contributed by atoms with Crippen molar-refractivity contribution in [1.82, 2.24) is 16.0 Å². The first-order valence-electron chi connectivity index (χ1n) is 14.0. The summed E-state index contributed by atoms with van der Waals surface area (Å²) >= 11 is 0. The molecule has 2 aromatic rings. The maximum atomic E-state index is 14.1. The molecule has 0 aliphatic carbocycles. The molecule has 0 spiro atoms. The van der Waals surface area contributed by atoms with Crippen LogP contribution in [0.2, 0.25) is 0 Å². The van der Waals surface area contributed by atoms with Gasteiger partial charge < -0.3 is 34.8 Å². The number of alkyl carbamates (subject to hydrolysis) is 1. The lowest BCUT2D eigenvalue weighted by atomic mass is 10.0. The first-order valence-corrected chi connectivity index (χ1v) is 15.7. The zero-order valence-electron chi connectivity index (χ0n) is 24.1. The number of nitrogens with one attached hydrogen (secondary N) is 3. The van der Waals surface area contributed by atoms with E-state index in [4.69, 9.17) is 13.8 Å². The van der Waals surface area contributed by atoms with E-state index in [0.717, 1.165) is 5.56 Å². The quantitative estimate of drug-likeness (QED) is 0.139. The van der Waals surface area contributed by atoms with Crippen LogP contribution in [0.15, 0.2) is 54.6 Å². The summed E-state index contributed by atoms with van der Waals surface area (Å²) in [6, 6.07) is 13.3. The van der Waals surface area contributed by atoms with Crippen LogP contribution in [0.25, 0.3) is 0 Å². The number of amides is 3. The Balaban J connectivity index is 1.94. The van der Waals surface area contributed by atoms with E-state index in [1.165, 1.54) is 6.07 Å². The fourth-order valence-corrected chi connectivity index (χ4v) is 5.53. The molecule has 0 aliphatic rings. The molecular weight excluding hydrogens is 568 g/mol. The summed E-state index contributed by atoms with van der Waals surface area (Å²) in [5, 5.41) is 17.7. The van der Waals surface area contributed by atoms with Crippen molar-refractivity contribution < 1.29 is 42.2 Å². The van der Waals surface area contributed by atoms with E-state index in [-0.39, 0.29) is 39.2 Å². The van der Waals surface area contributed by atoms with Crippen molar-refractivity contribution in [2.24, 2.45) is 0 Å². The van der Waals surface area contributed by atoms with Gasteiger partial charge in [0.15, 0.2) is 0 Å². The van der Waals surface area contributed by atoms with Gasteiger partial charge in [-0.15, -0.1) is 0 Å². The standard InChI is InChI=1S/C29H41FN3O8P/c1-3-40-42(38,41-4-2)21-27(35)31-17-11-10-16-26(33-29(37)39-20-22-12-6-5-7-13-22)28(36)32-24(19-34)18-23-14-8-9-15-25(23)30/h5-9,12-15,24,26,34H,3-4,10-11,16-21H2,1-2H3,(H,31,35)(H,32,36)(H,33,37)/t24-,26?/m0/s1. The largest absolute Gasteiger partial charge is 0.445 e. The van der Waals surface area contributed by atoms with E-state index in [9.17, 15) is 28.4 Å². The molecule has 0 fully saturated rings. The molecule has 0 radical (unpaired) electrons. The number of carbonyl (C=O) groups is 3. The summed E-state index contributed by atoms with van der Waals surface area (Å²) in [7, 11) is -3.52. The predicted octanol–water partition coefficient (Wildman–Crippen LogP) is 3.69. The summed E-state index contributed by atoms with van der Waals surface area (Å²) in [5.74, 6) is -1.51. The first-order chi connectivity index (χ1) is 20.2. The Kier molecular flexibility index (Phi) is 15.8. The summed E-state index contributed by atoms with van der Waals surface area (Å²) < 4.78 is 42.2. The SMILES string of the molecule is CCOP(=O)(CC(=O)NCCCCC(NC(=O)OCc1ccccc1)C(=O)N[C@H](CO)Cc1ccccc1F)OCC. The topological polar surface area (TPSA) is 152 Å². The van der Waals surface area contributed by atoms with Gasteiger partial charge in [-0.25, -0.2) is 9.18 Å². The molecule has 4 N–H and O–H groups in total. The normalized spacial score (nSPS) is 12.7. The third-order valence-electron chi connectivity index (χ3n) is 6.04. The third kappa shape index (κ3) is 13.1. The predicted molar refractivity (Wildman–Crippen MR) is 155 cm³/mol. The zero-order chi connectivity index (χ0) is 30.8. The van der Waals surface area contributed by atoms with Gasteiger partial charge in [-0.05, 0) is 56.7 Å². The number of carbonyl (C=O) groups excluding carboxylic acids is 3. The van der Waals surface area contributed by atoms with Crippen molar-refractivity contribution >= 4 is 25.5 Å². The van der Waals surface area contributed by atoms with Gasteiger partial charge in [0.05, 0.1) is 25.9 Å². The molecule has 0 bridgehead atoms. The number of ether oxygens (including phenoxy) is 1. The van der Waals surface area contributed by atoms with Crippen molar-refractivity contribution in [1.29, 1.82) is 0 Å². The molecule has 0 heterocycles. The van der Waals surface area contributed by atoms with Gasteiger partial charge >= 0.3 is 13.7 Å². The minimum absolute atomic E-state index is 0.00689. The number of halogens is 1. The zero-order valence-corrected chi connectivity index (χ0v) is 24.9. The molecule has 1 unspecified atom stereocenters. The summed E-state index contributed by atoms with van der Waals surface area (Å²) in [5.41, 5.74) is 1.10. The number of unbranched alkanes of at least 4 members (excludes halogenated alkanes) is 1. The molecule has 0 saturated heterocycles. The first kappa shape index (κ1) is 34.9. The van der Waals surface area contributed by atoms with Crippen molar-refractivity contribution in [3.05, 3.63) is 71.5 Å². The number of rotatable bonds is 19. The smallest absolute Gasteiger partial charge is 0.408 e. The Morgan fingerprint density at radius 3 is 2.26 bits per heavy atom. The van der Waals surface area contributed by atoms with Gasteiger partial charge in [0, 0.05) is 6.54 Å². The Morgan fingerprint density at radius 2 is 1.62 bits per heavy atom. The number of aliphatic hydroxyl groups excluding tert-OH is 1. The van der Waals surface area contributed by atoms with E-state index >= 15 is 0 Å². The van der Waals surface area contributed by atoms with E-state index < -0.39 is 56.2 Å². The van der Waals surface area contributed by atoms with Crippen molar-refractivity contribution in [3.8, 4) is 0 Å². The average Bonchev–Trinajstić information content (AvgIpc) is 2.96. The summed E-state index contributed by atoms with van der Waals surface area (Å²) in [6.45, 7) is 3.40. The molecule has 2 aromatic carbocycles. The second kappa shape index (κ2) is 19.0. The van der Waals surface area contributed by atoms with Crippen LogP contribution in [0.1, 0.15) is 44.2 Å². The van der Waals surface area contributed by atoms with Crippen molar-refractivity contribution in [3.63, 3.8) is 0 Å². The number of benzene rings is 2. The Morgan fingerprint density at radius 1 is 0.952 bits per heavy atom. The molecule has 0 aliphatic heterocycles. The maximum absolute atomic E-state index is 14.1. The van der Waals surface area contributed by atoms with Gasteiger partial charge in [-0.1, -0.05) is 48.5 Å². The minimum atomic E-state index is -3.52. The lowest BCUT2D eigenvalue weighted by molar-refractivity contribution is -0.124. The second-order valence-corrected chi connectivity index (χ2v) is 11.4. The van der Waals surface area contributed by atoms with Gasteiger partial charge in [-0.3, -0.25) is 14.2 Å². The fourth-order valence-electron chi connectivity index (χ4n) is 4.02. The second-order valence-electron chi connectivity index (χ2n) is 9.39. The molecule has 2 atom stereocenters. The Bertz CT molecular complexity index is 1160. The molecular formula is C29H41FN3O8P. The highest BCUT2D eigenvalue weighted by Crippen LogP contribution is 2.47. The maximum Gasteiger partial charge on any atom is 0.408 e. The molecule has 2 rings (SSSR count). The number of hydrogen-bond donors (Lipinski definition) is 4. The third-order valence-corrected chi connectivity index (χ3v) is 8.02. The van der Waals surface area contributed by atoms with Crippen LogP contribution in [0.3, 0.4) is 0 Å². The molecule has 11 nitrogen and oxygen atoms in total. The van der Waals surface area contributed by atoms with Crippen LogP contribution in [0, 0.1) is 5.82 Å². The molecule has 0 aromatic heterocycles. The molecule has 232 valence electrons. The van der Waals surface area contributed by atoms with Crippen molar-refractivity contribution in [2.45, 2.75) is 58.2 Å². The van der Waals surface area contributed by atoms with E-state index in [1.807, 2.05) is 18.2 Å². The van der Waals surface area contributed by atoms with E-state index in [2.05, 4.69) is 16.0 Å². The van der Waals surface area contributed by atoms with E-state index in [1.54, 1.807) is 44.2 Å². The van der Waals surface area contributed by atoms with Gasteiger partial charge in [0.2, 0.25) is 11.8 Å². The van der Waals surface area contributed by atoms with Crippen LogP contribution in [-0.2, 0) is 41.0 Å². The fraction of sp³-hybridized carbons (Fsp3) is 0.483. The van der Waals surface area contributed by atoms with Crippen molar-refractivity contribution in [2.75, 3.05) is 32.5 Å². The Labute approximate surface area is 246 Å². The van der Waals surface area contributed by atoms with Gasteiger partial charge in [0.1, 0.15) is 24.6 Å². The molecule has 0 saturated carbocycles. The highest BCUT2D eigenvalue weighted by Gasteiger charge is 2.28. The van der Waals surface area contributed by atoms with Crippen LogP contribution in [0.5, 0.6) is 0 Å².